The highest BCUT2D eigenvalue weighted by atomic mass is 35.5. The van der Waals surface area contributed by atoms with Crippen LogP contribution in [0.2, 0.25) is 10.0 Å². The standard InChI is InChI=1S/C23H21Cl2NS2/c1-14(2)20-9-15(3)26(23(20)28-19-6-4-5-17(24)10-19)12-16-13-27-22-8-7-18(25)11-21(16)22/h4-11,13-14H,12H2,1-3H3. The number of aryl methyl sites for hydroxylation is 1. The zero-order chi connectivity index (χ0) is 19.8. The third-order valence-electron chi connectivity index (χ3n) is 4.86. The smallest absolute Gasteiger partial charge is 0.0836 e. The Bertz CT molecular complexity index is 1140. The highest BCUT2D eigenvalue weighted by Gasteiger charge is 2.18. The van der Waals surface area contributed by atoms with Gasteiger partial charge in [0, 0.05) is 31.9 Å². The number of halogens is 2. The van der Waals surface area contributed by atoms with Gasteiger partial charge in [0.05, 0.1) is 5.03 Å². The number of rotatable bonds is 5. The molecule has 0 N–H and O–H groups in total. The van der Waals surface area contributed by atoms with Crippen molar-refractivity contribution in [2.45, 2.75) is 43.2 Å². The fraction of sp³-hybridized carbons (Fsp3) is 0.217. The number of aromatic nitrogens is 1. The topological polar surface area (TPSA) is 4.93 Å². The van der Waals surface area contributed by atoms with Crippen LogP contribution < -0.4 is 0 Å². The van der Waals surface area contributed by atoms with Gasteiger partial charge in [0.15, 0.2) is 0 Å². The Kier molecular flexibility index (Phi) is 5.80. The van der Waals surface area contributed by atoms with Gasteiger partial charge in [-0.25, -0.2) is 0 Å². The largest absolute Gasteiger partial charge is 0.335 e. The van der Waals surface area contributed by atoms with Crippen molar-refractivity contribution < 1.29 is 0 Å². The molecular formula is C23H21Cl2NS2. The van der Waals surface area contributed by atoms with Crippen molar-refractivity contribution in [1.82, 2.24) is 4.57 Å². The van der Waals surface area contributed by atoms with Crippen LogP contribution in [-0.4, -0.2) is 4.57 Å². The molecule has 0 aliphatic rings. The summed E-state index contributed by atoms with van der Waals surface area (Å²) in [5.41, 5.74) is 3.96. The molecule has 1 nitrogen and oxygen atoms in total. The Labute approximate surface area is 184 Å². The van der Waals surface area contributed by atoms with Crippen LogP contribution in [-0.2, 0) is 6.54 Å². The second-order valence-electron chi connectivity index (χ2n) is 7.25. The summed E-state index contributed by atoms with van der Waals surface area (Å²) in [5.74, 6) is 0.454. The van der Waals surface area contributed by atoms with Gasteiger partial charge in [-0.2, -0.15) is 0 Å². The molecule has 0 fully saturated rings. The second-order valence-corrected chi connectivity index (χ2v) is 10.1. The highest BCUT2D eigenvalue weighted by molar-refractivity contribution is 7.99. The minimum atomic E-state index is 0.454. The van der Waals surface area contributed by atoms with Crippen molar-refractivity contribution >= 4 is 56.4 Å². The average molecular weight is 446 g/mol. The van der Waals surface area contributed by atoms with E-state index in [0.29, 0.717) is 5.92 Å². The molecule has 2 aromatic heterocycles. The van der Waals surface area contributed by atoms with Gasteiger partial charge in [-0.1, -0.05) is 54.9 Å². The van der Waals surface area contributed by atoms with E-state index in [1.807, 2.05) is 24.3 Å². The highest BCUT2D eigenvalue weighted by Crippen LogP contribution is 2.38. The van der Waals surface area contributed by atoms with E-state index < -0.39 is 0 Å². The van der Waals surface area contributed by atoms with Gasteiger partial charge in [-0.05, 0) is 77.2 Å². The number of fused-ring (bicyclic) bond motifs is 1. The molecule has 0 saturated carbocycles. The molecule has 2 heterocycles. The quantitative estimate of drug-likeness (QED) is 0.297. The zero-order valence-electron chi connectivity index (χ0n) is 16.0. The lowest BCUT2D eigenvalue weighted by atomic mass is 10.1. The third kappa shape index (κ3) is 3.99. The molecule has 0 atom stereocenters. The van der Waals surface area contributed by atoms with Crippen molar-refractivity contribution in [2.24, 2.45) is 0 Å². The molecule has 0 aliphatic heterocycles. The van der Waals surface area contributed by atoms with E-state index in [4.69, 9.17) is 23.2 Å². The normalized spacial score (nSPS) is 11.6. The molecule has 0 unspecified atom stereocenters. The van der Waals surface area contributed by atoms with E-state index in [0.717, 1.165) is 21.5 Å². The predicted octanol–water partition coefficient (Wildman–Crippen LogP) is 8.64. The summed E-state index contributed by atoms with van der Waals surface area (Å²) in [5, 5.41) is 6.34. The van der Waals surface area contributed by atoms with Crippen molar-refractivity contribution in [3.63, 3.8) is 0 Å². The molecule has 0 saturated heterocycles. The minimum Gasteiger partial charge on any atom is -0.335 e. The van der Waals surface area contributed by atoms with Crippen LogP contribution in [0.3, 0.4) is 0 Å². The predicted molar refractivity (Wildman–Crippen MR) is 125 cm³/mol. The first-order chi connectivity index (χ1) is 13.4. The Morgan fingerprint density at radius 1 is 1.04 bits per heavy atom. The van der Waals surface area contributed by atoms with Crippen LogP contribution >= 0.6 is 46.3 Å². The number of hydrogen-bond acceptors (Lipinski definition) is 2. The number of nitrogens with zero attached hydrogens (tertiary/aromatic N) is 1. The monoisotopic (exact) mass is 445 g/mol. The van der Waals surface area contributed by atoms with Crippen molar-refractivity contribution in [3.05, 3.63) is 80.8 Å². The maximum atomic E-state index is 6.26. The molecular weight excluding hydrogens is 425 g/mol. The number of benzene rings is 2. The SMILES string of the molecule is Cc1cc(C(C)C)c(Sc2cccc(Cl)c2)n1Cc1csc2ccc(Cl)cc12. The first-order valence-corrected chi connectivity index (χ1v) is 11.7. The van der Waals surface area contributed by atoms with Crippen LogP contribution in [0.4, 0.5) is 0 Å². The van der Waals surface area contributed by atoms with E-state index in [1.54, 1.807) is 23.1 Å². The van der Waals surface area contributed by atoms with Crippen molar-refractivity contribution in [3.8, 4) is 0 Å². The second kappa shape index (κ2) is 8.16. The summed E-state index contributed by atoms with van der Waals surface area (Å²) in [7, 11) is 0. The molecule has 144 valence electrons. The molecule has 28 heavy (non-hydrogen) atoms. The summed E-state index contributed by atoms with van der Waals surface area (Å²) in [6, 6.07) is 16.5. The van der Waals surface area contributed by atoms with Crippen molar-refractivity contribution in [1.29, 1.82) is 0 Å². The van der Waals surface area contributed by atoms with E-state index in [-0.39, 0.29) is 0 Å². The molecule has 4 rings (SSSR count). The van der Waals surface area contributed by atoms with Gasteiger partial charge >= 0.3 is 0 Å². The molecule has 4 aromatic rings. The van der Waals surface area contributed by atoms with Gasteiger partial charge < -0.3 is 4.57 Å². The fourth-order valence-electron chi connectivity index (χ4n) is 3.39. The molecule has 0 spiro atoms. The number of hydrogen-bond donors (Lipinski definition) is 0. The Morgan fingerprint density at radius 2 is 1.82 bits per heavy atom. The van der Waals surface area contributed by atoms with Gasteiger partial charge in [-0.15, -0.1) is 11.3 Å². The van der Waals surface area contributed by atoms with Crippen LogP contribution in [0.5, 0.6) is 0 Å². The number of thiophene rings is 1. The molecule has 0 amide bonds. The summed E-state index contributed by atoms with van der Waals surface area (Å²) in [6.07, 6.45) is 0. The van der Waals surface area contributed by atoms with E-state index >= 15 is 0 Å². The minimum absolute atomic E-state index is 0.454. The average Bonchev–Trinajstić information content (AvgIpc) is 3.18. The lowest BCUT2D eigenvalue weighted by Gasteiger charge is -2.14. The maximum absolute atomic E-state index is 6.26. The van der Waals surface area contributed by atoms with Gasteiger partial charge in [-0.3, -0.25) is 0 Å². The fourth-order valence-corrected chi connectivity index (χ4v) is 6.04. The van der Waals surface area contributed by atoms with E-state index in [1.165, 1.54) is 31.9 Å². The Hall–Kier alpha value is -1.39. The van der Waals surface area contributed by atoms with E-state index in [9.17, 15) is 0 Å². The first kappa shape index (κ1) is 19.9. The lowest BCUT2D eigenvalue weighted by Crippen LogP contribution is -2.03. The molecule has 0 bridgehead atoms. The first-order valence-electron chi connectivity index (χ1n) is 9.21. The van der Waals surface area contributed by atoms with Crippen LogP contribution in [0, 0.1) is 6.92 Å². The zero-order valence-corrected chi connectivity index (χ0v) is 19.1. The molecule has 0 radical (unpaired) electrons. The Balaban J connectivity index is 1.78. The van der Waals surface area contributed by atoms with Crippen molar-refractivity contribution in [2.75, 3.05) is 0 Å². The summed E-state index contributed by atoms with van der Waals surface area (Å²) < 4.78 is 3.70. The maximum Gasteiger partial charge on any atom is 0.0836 e. The summed E-state index contributed by atoms with van der Waals surface area (Å²) >= 11 is 16.1. The van der Waals surface area contributed by atoms with Crippen LogP contribution in [0.25, 0.3) is 10.1 Å². The lowest BCUT2D eigenvalue weighted by molar-refractivity contribution is 0.694. The van der Waals surface area contributed by atoms with Gasteiger partial charge in [0.2, 0.25) is 0 Å². The molecule has 2 aromatic carbocycles. The van der Waals surface area contributed by atoms with Crippen LogP contribution in [0.15, 0.2) is 63.8 Å². The summed E-state index contributed by atoms with van der Waals surface area (Å²) in [4.78, 5) is 1.16. The van der Waals surface area contributed by atoms with Gasteiger partial charge in [0.25, 0.3) is 0 Å². The van der Waals surface area contributed by atoms with E-state index in [2.05, 4.69) is 55.0 Å². The Morgan fingerprint density at radius 3 is 2.57 bits per heavy atom. The van der Waals surface area contributed by atoms with Crippen LogP contribution in [0.1, 0.15) is 36.6 Å². The molecule has 0 aliphatic carbocycles. The molecule has 5 heteroatoms. The summed E-state index contributed by atoms with van der Waals surface area (Å²) in [6.45, 7) is 7.53. The third-order valence-corrected chi connectivity index (χ3v) is 7.48. The van der Waals surface area contributed by atoms with Gasteiger partial charge in [0.1, 0.15) is 0 Å².